The number of hydrogen-bond acceptors (Lipinski definition) is 5. The molecule has 1 saturated carbocycles. The van der Waals surface area contributed by atoms with Gasteiger partial charge in [-0.2, -0.15) is 10.2 Å². The maximum absolute atomic E-state index is 12.1. The lowest BCUT2D eigenvalue weighted by atomic mass is 10.2. The fourth-order valence-corrected chi connectivity index (χ4v) is 2.12. The molecule has 2 heterocycles. The topological polar surface area (TPSA) is 137 Å². The zero-order valence-corrected chi connectivity index (χ0v) is 12.0. The molecule has 9 nitrogen and oxygen atoms in total. The van der Waals surface area contributed by atoms with Crippen molar-refractivity contribution < 1.29 is 14.7 Å². The van der Waals surface area contributed by atoms with Gasteiger partial charge in [-0.25, -0.2) is 4.98 Å². The standard InChI is InChI=1S/C13H16N6O3/c1-6(12-15-10(18-19-12)5-11(20)21)14-13(22)9-4-8(16-17-9)7-2-3-7/h4,6-7H,2-3,5H2,1H3,(H,14,22)(H,16,17)(H,20,21)(H,15,18,19)/t6-/m0/s1. The summed E-state index contributed by atoms with van der Waals surface area (Å²) in [7, 11) is 0. The number of H-pyrrole nitrogens is 2. The van der Waals surface area contributed by atoms with Gasteiger partial charge in [-0.1, -0.05) is 0 Å². The summed E-state index contributed by atoms with van der Waals surface area (Å²) in [4.78, 5) is 26.8. The molecular weight excluding hydrogens is 288 g/mol. The second-order valence-electron chi connectivity index (χ2n) is 5.39. The van der Waals surface area contributed by atoms with E-state index in [-0.39, 0.29) is 18.2 Å². The van der Waals surface area contributed by atoms with Crippen molar-refractivity contribution in [2.75, 3.05) is 0 Å². The third-order valence-corrected chi connectivity index (χ3v) is 3.45. The molecule has 3 rings (SSSR count). The molecule has 2 aromatic rings. The fourth-order valence-electron chi connectivity index (χ4n) is 2.12. The zero-order valence-electron chi connectivity index (χ0n) is 12.0. The van der Waals surface area contributed by atoms with Gasteiger partial charge in [0.1, 0.15) is 17.9 Å². The minimum atomic E-state index is -0.997. The highest BCUT2D eigenvalue weighted by molar-refractivity contribution is 5.92. The van der Waals surface area contributed by atoms with Crippen molar-refractivity contribution in [2.24, 2.45) is 0 Å². The highest BCUT2D eigenvalue weighted by Crippen LogP contribution is 2.38. The Morgan fingerprint density at radius 2 is 2.18 bits per heavy atom. The molecule has 1 amide bonds. The van der Waals surface area contributed by atoms with Crippen LogP contribution in [0.2, 0.25) is 0 Å². The average molecular weight is 304 g/mol. The Hall–Kier alpha value is -2.71. The summed E-state index contributed by atoms with van der Waals surface area (Å²) in [6.45, 7) is 1.72. The van der Waals surface area contributed by atoms with Crippen LogP contribution in [0.3, 0.4) is 0 Å². The summed E-state index contributed by atoms with van der Waals surface area (Å²) >= 11 is 0. The van der Waals surface area contributed by atoms with Crippen LogP contribution < -0.4 is 5.32 Å². The average Bonchev–Trinajstić information content (AvgIpc) is 3.00. The van der Waals surface area contributed by atoms with Gasteiger partial charge in [-0.15, -0.1) is 0 Å². The maximum atomic E-state index is 12.1. The molecule has 1 aliphatic rings. The third kappa shape index (κ3) is 3.13. The van der Waals surface area contributed by atoms with Crippen LogP contribution in [0.15, 0.2) is 6.07 Å². The van der Waals surface area contributed by atoms with Crippen molar-refractivity contribution in [3.63, 3.8) is 0 Å². The van der Waals surface area contributed by atoms with E-state index in [2.05, 4.69) is 30.7 Å². The molecule has 0 aromatic carbocycles. The number of aromatic nitrogens is 5. The summed E-state index contributed by atoms with van der Waals surface area (Å²) in [5.41, 5.74) is 1.31. The highest BCUT2D eigenvalue weighted by Gasteiger charge is 2.27. The second kappa shape index (κ2) is 5.58. The van der Waals surface area contributed by atoms with Gasteiger partial charge >= 0.3 is 5.97 Å². The summed E-state index contributed by atoms with van der Waals surface area (Å²) in [5.74, 6) is -0.233. The third-order valence-electron chi connectivity index (χ3n) is 3.45. The number of carbonyl (C=O) groups excluding carboxylic acids is 1. The molecule has 1 aliphatic carbocycles. The summed E-state index contributed by atoms with van der Waals surface area (Å²) in [6.07, 6.45) is 2.02. The monoisotopic (exact) mass is 304 g/mol. The predicted molar refractivity (Wildman–Crippen MR) is 74.2 cm³/mol. The molecule has 2 aromatic heterocycles. The Bertz CT molecular complexity index is 702. The predicted octanol–water partition coefficient (Wildman–Crippen LogP) is 0.523. The quantitative estimate of drug-likeness (QED) is 0.614. The molecule has 116 valence electrons. The van der Waals surface area contributed by atoms with Crippen molar-refractivity contribution in [2.45, 2.75) is 38.1 Å². The van der Waals surface area contributed by atoms with Gasteiger partial charge in [0.25, 0.3) is 5.91 Å². The summed E-state index contributed by atoms with van der Waals surface area (Å²) in [6, 6.07) is 1.31. The van der Waals surface area contributed by atoms with E-state index >= 15 is 0 Å². The molecule has 0 spiro atoms. The lowest BCUT2D eigenvalue weighted by Gasteiger charge is -2.08. The number of aliphatic carboxylic acids is 1. The number of aromatic amines is 2. The molecule has 0 saturated heterocycles. The van der Waals surface area contributed by atoms with Crippen molar-refractivity contribution in [1.82, 2.24) is 30.7 Å². The van der Waals surface area contributed by atoms with E-state index in [1.807, 2.05) is 0 Å². The van der Waals surface area contributed by atoms with Crippen LogP contribution in [0.1, 0.15) is 59.6 Å². The summed E-state index contributed by atoms with van der Waals surface area (Å²) < 4.78 is 0. The molecule has 1 atom stereocenters. The van der Waals surface area contributed by atoms with E-state index < -0.39 is 12.0 Å². The van der Waals surface area contributed by atoms with Crippen LogP contribution in [0.4, 0.5) is 0 Å². The second-order valence-corrected chi connectivity index (χ2v) is 5.39. The van der Waals surface area contributed by atoms with Crippen LogP contribution in [-0.4, -0.2) is 42.4 Å². The number of nitrogens with zero attached hydrogens (tertiary/aromatic N) is 3. The van der Waals surface area contributed by atoms with E-state index in [0.717, 1.165) is 18.5 Å². The Morgan fingerprint density at radius 1 is 1.41 bits per heavy atom. The van der Waals surface area contributed by atoms with E-state index in [1.165, 1.54) is 0 Å². The van der Waals surface area contributed by atoms with E-state index in [0.29, 0.717) is 17.4 Å². The summed E-state index contributed by atoms with van der Waals surface area (Å²) in [5, 5.41) is 24.8. The molecule has 0 radical (unpaired) electrons. The Labute approximate surface area is 125 Å². The fraction of sp³-hybridized carbons (Fsp3) is 0.462. The molecule has 9 heteroatoms. The zero-order chi connectivity index (χ0) is 15.7. The van der Waals surface area contributed by atoms with Crippen LogP contribution in [-0.2, 0) is 11.2 Å². The Balaban J connectivity index is 1.62. The Morgan fingerprint density at radius 3 is 2.86 bits per heavy atom. The molecule has 0 bridgehead atoms. The van der Waals surface area contributed by atoms with Crippen LogP contribution >= 0.6 is 0 Å². The number of carbonyl (C=O) groups is 2. The Kier molecular flexibility index (Phi) is 3.61. The van der Waals surface area contributed by atoms with E-state index in [9.17, 15) is 9.59 Å². The molecule has 4 N–H and O–H groups in total. The van der Waals surface area contributed by atoms with Crippen molar-refractivity contribution >= 4 is 11.9 Å². The van der Waals surface area contributed by atoms with Crippen LogP contribution in [0, 0.1) is 0 Å². The van der Waals surface area contributed by atoms with Gasteiger partial charge in [-0.05, 0) is 25.8 Å². The lowest BCUT2D eigenvalue weighted by Crippen LogP contribution is -2.27. The first-order valence-electron chi connectivity index (χ1n) is 7.02. The first-order valence-corrected chi connectivity index (χ1v) is 7.02. The minimum Gasteiger partial charge on any atom is -0.481 e. The van der Waals surface area contributed by atoms with E-state index in [4.69, 9.17) is 5.11 Å². The highest BCUT2D eigenvalue weighted by atomic mass is 16.4. The SMILES string of the molecule is C[C@H](NC(=O)c1cc(C2CC2)[nH]n1)c1n[nH]c(CC(=O)O)n1. The molecule has 1 fully saturated rings. The maximum Gasteiger partial charge on any atom is 0.311 e. The van der Waals surface area contributed by atoms with Crippen molar-refractivity contribution in [3.8, 4) is 0 Å². The number of nitrogens with one attached hydrogen (secondary N) is 3. The molecule has 0 aliphatic heterocycles. The number of hydrogen-bond donors (Lipinski definition) is 4. The van der Waals surface area contributed by atoms with Gasteiger partial charge in [0.05, 0.1) is 6.04 Å². The van der Waals surface area contributed by atoms with Crippen molar-refractivity contribution in [1.29, 1.82) is 0 Å². The lowest BCUT2D eigenvalue weighted by molar-refractivity contribution is -0.136. The molecule has 0 unspecified atom stereocenters. The van der Waals surface area contributed by atoms with Gasteiger partial charge in [0, 0.05) is 11.6 Å². The van der Waals surface area contributed by atoms with Gasteiger partial charge in [-0.3, -0.25) is 19.8 Å². The van der Waals surface area contributed by atoms with Crippen molar-refractivity contribution in [3.05, 3.63) is 29.1 Å². The van der Waals surface area contributed by atoms with Crippen LogP contribution in [0.5, 0.6) is 0 Å². The number of amides is 1. The largest absolute Gasteiger partial charge is 0.481 e. The van der Waals surface area contributed by atoms with Crippen LogP contribution in [0.25, 0.3) is 0 Å². The molecular formula is C13H16N6O3. The number of carboxylic acid groups (broad SMARTS) is 1. The molecule has 22 heavy (non-hydrogen) atoms. The van der Waals surface area contributed by atoms with Gasteiger partial charge in [0.2, 0.25) is 0 Å². The first kappa shape index (κ1) is 14.2. The normalized spacial score (nSPS) is 15.5. The van der Waals surface area contributed by atoms with Gasteiger partial charge < -0.3 is 10.4 Å². The minimum absolute atomic E-state index is 0.238. The number of carboxylic acids is 1. The first-order chi connectivity index (χ1) is 10.5. The number of rotatable bonds is 6. The van der Waals surface area contributed by atoms with Gasteiger partial charge in [0.15, 0.2) is 5.82 Å². The smallest absolute Gasteiger partial charge is 0.311 e. The van der Waals surface area contributed by atoms with E-state index in [1.54, 1.807) is 13.0 Å².